The third kappa shape index (κ3) is 8.33. The molecule has 27 heavy (non-hydrogen) atoms. The lowest BCUT2D eigenvalue weighted by molar-refractivity contribution is 0.103. The second-order valence-corrected chi connectivity index (χ2v) is 7.63. The van der Waals surface area contributed by atoms with Crippen LogP contribution in [0.15, 0.2) is 72.9 Å². The summed E-state index contributed by atoms with van der Waals surface area (Å²) in [4.78, 5) is 0. The SMILES string of the molecule is C=C/C=C\C(=C/C)C1(/C(C=C)=C/C=C\C)CC(C)CC(C)(C)C1.CC.CC. The van der Waals surface area contributed by atoms with Crippen molar-refractivity contribution in [2.24, 2.45) is 16.7 Å². The van der Waals surface area contributed by atoms with Crippen molar-refractivity contribution in [1.82, 2.24) is 0 Å². The molecule has 1 aliphatic rings. The van der Waals surface area contributed by atoms with E-state index in [1.54, 1.807) is 0 Å². The largest absolute Gasteiger partial charge is 0.0991 e. The minimum Gasteiger partial charge on any atom is -0.0991 e. The molecule has 0 radical (unpaired) electrons. The first-order valence-electron chi connectivity index (χ1n) is 10.8. The number of rotatable bonds is 6. The molecule has 2 atom stereocenters. The van der Waals surface area contributed by atoms with Gasteiger partial charge in [0, 0.05) is 5.41 Å². The summed E-state index contributed by atoms with van der Waals surface area (Å²) < 4.78 is 0. The van der Waals surface area contributed by atoms with E-state index in [4.69, 9.17) is 0 Å². The Morgan fingerprint density at radius 2 is 1.52 bits per heavy atom. The lowest BCUT2D eigenvalue weighted by Gasteiger charge is -2.49. The second-order valence-electron chi connectivity index (χ2n) is 7.63. The van der Waals surface area contributed by atoms with Crippen LogP contribution >= 0.6 is 0 Å². The highest BCUT2D eigenvalue weighted by Gasteiger charge is 2.45. The Labute approximate surface area is 171 Å². The van der Waals surface area contributed by atoms with Gasteiger partial charge in [-0.15, -0.1) is 0 Å². The van der Waals surface area contributed by atoms with E-state index in [1.807, 2.05) is 33.8 Å². The molecule has 0 aromatic rings. The molecule has 0 heteroatoms. The molecule has 0 saturated heterocycles. The van der Waals surface area contributed by atoms with Gasteiger partial charge in [-0.05, 0) is 55.6 Å². The molecule has 0 aliphatic heterocycles. The van der Waals surface area contributed by atoms with Crippen LogP contribution in [0.2, 0.25) is 0 Å². The van der Waals surface area contributed by atoms with E-state index in [1.165, 1.54) is 24.0 Å². The first-order chi connectivity index (χ1) is 12.8. The summed E-state index contributed by atoms with van der Waals surface area (Å²) in [5.74, 6) is 0.694. The second kappa shape index (κ2) is 14.5. The van der Waals surface area contributed by atoms with Crippen LogP contribution < -0.4 is 0 Å². The molecule has 1 rings (SSSR count). The summed E-state index contributed by atoms with van der Waals surface area (Å²) >= 11 is 0. The molecular weight excluding hydrogens is 324 g/mol. The summed E-state index contributed by atoms with van der Waals surface area (Å²) in [5.41, 5.74) is 3.08. The Bertz CT molecular complexity index is 536. The van der Waals surface area contributed by atoms with E-state index in [-0.39, 0.29) is 5.41 Å². The molecule has 0 heterocycles. The molecule has 0 spiro atoms. The van der Waals surface area contributed by atoms with Crippen LogP contribution in [0.25, 0.3) is 0 Å². The van der Waals surface area contributed by atoms with Gasteiger partial charge >= 0.3 is 0 Å². The molecule has 2 unspecified atom stereocenters. The Kier molecular flexibility index (Phi) is 14.8. The third-order valence-corrected chi connectivity index (χ3v) is 4.89. The summed E-state index contributed by atoms with van der Waals surface area (Å²) in [6, 6.07) is 0. The van der Waals surface area contributed by atoms with E-state index in [0.717, 1.165) is 6.42 Å². The highest BCUT2D eigenvalue weighted by molar-refractivity contribution is 5.44. The zero-order valence-corrected chi connectivity index (χ0v) is 19.7. The van der Waals surface area contributed by atoms with Gasteiger partial charge in [0.1, 0.15) is 0 Å². The van der Waals surface area contributed by atoms with Crippen LogP contribution in [0.5, 0.6) is 0 Å². The zero-order valence-electron chi connectivity index (χ0n) is 19.7. The maximum Gasteiger partial charge on any atom is 0.0207 e. The Hall–Kier alpha value is -1.56. The third-order valence-electron chi connectivity index (χ3n) is 4.89. The first-order valence-corrected chi connectivity index (χ1v) is 10.8. The molecule has 0 aromatic carbocycles. The summed E-state index contributed by atoms with van der Waals surface area (Å²) in [6.45, 7) is 27.4. The number of hydrogen-bond donors (Lipinski definition) is 0. The maximum absolute atomic E-state index is 4.13. The summed E-state index contributed by atoms with van der Waals surface area (Å²) in [5, 5.41) is 0. The lowest BCUT2D eigenvalue weighted by Crippen LogP contribution is -2.39. The summed E-state index contributed by atoms with van der Waals surface area (Å²) in [7, 11) is 0. The minimum absolute atomic E-state index is 0.0384. The van der Waals surface area contributed by atoms with Gasteiger partial charge < -0.3 is 0 Å². The van der Waals surface area contributed by atoms with Gasteiger partial charge in [-0.3, -0.25) is 0 Å². The maximum atomic E-state index is 4.13. The molecule has 1 saturated carbocycles. The molecule has 1 fully saturated rings. The molecule has 0 N–H and O–H groups in total. The Balaban J connectivity index is 0. The van der Waals surface area contributed by atoms with E-state index in [2.05, 4.69) is 90.3 Å². The lowest BCUT2D eigenvalue weighted by atomic mass is 9.54. The van der Waals surface area contributed by atoms with E-state index in [9.17, 15) is 0 Å². The fourth-order valence-electron chi connectivity index (χ4n) is 4.50. The monoisotopic (exact) mass is 370 g/mol. The van der Waals surface area contributed by atoms with Crippen molar-refractivity contribution in [2.45, 2.75) is 81.6 Å². The van der Waals surface area contributed by atoms with Crippen molar-refractivity contribution >= 4 is 0 Å². The van der Waals surface area contributed by atoms with Crippen LogP contribution in [-0.2, 0) is 0 Å². The fourth-order valence-corrected chi connectivity index (χ4v) is 4.50. The van der Waals surface area contributed by atoms with Gasteiger partial charge in [0.2, 0.25) is 0 Å². The Morgan fingerprint density at radius 1 is 0.926 bits per heavy atom. The van der Waals surface area contributed by atoms with Gasteiger partial charge in [-0.25, -0.2) is 0 Å². The highest BCUT2D eigenvalue weighted by atomic mass is 14.5. The Morgan fingerprint density at radius 3 is 1.93 bits per heavy atom. The average molecular weight is 371 g/mol. The zero-order chi connectivity index (χ0) is 21.5. The van der Waals surface area contributed by atoms with Crippen LogP contribution in [0.4, 0.5) is 0 Å². The molecule has 1 aliphatic carbocycles. The molecule has 0 nitrogen and oxygen atoms in total. The van der Waals surface area contributed by atoms with Crippen molar-refractivity contribution in [3.63, 3.8) is 0 Å². The van der Waals surface area contributed by atoms with Crippen molar-refractivity contribution in [3.8, 4) is 0 Å². The van der Waals surface area contributed by atoms with Crippen molar-refractivity contribution < 1.29 is 0 Å². The van der Waals surface area contributed by atoms with Crippen LogP contribution in [-0.4, -0.2) is 0 Å². The normalized spacial score (nSPS) is 25.3. The molecular formula is C27H46. The minimum atomic E-state index is 0.0384. The van der Waals surface area contributed by atoms with Crippen LogP contribution in [0, 0.1) is 16.7 Å². The van der Waals surface area contributed by atoms with Crippen molar-refractivity contribution in [3.05, 3.63) is 72.9 Å². The first kappa shape index (κ1) is 27.7. The highest BCUT2D eigenvalue weighted by Crippen LogP contribution is 2.56. The predicted octanol–water partition coefficient (Wildman–Crippen LogP) is 9.25. The topological polar surface area (TPSA) is 0 Å². The predicted molar refractivity (Wildman–Crippen MR) is 128 cm³/mol. The molecule has 0 bridgehead atoms. The van der Waals surface area contributed by atoms with E-state index in [0.29, 0.717) is 11.3 Å². The van der Waals surface area contributed by atoms with Gasteiger partial charge in [-0.1, -0.05) is 110 Å². The molecule has 0 aromatic heterocycles. The standard InChI is InChI=1S/C23H34.2C2H6/c1-8-12-14-20(10-3)23(21(11-4)15-13-9-2)17-19(5)16-22(6,7)18-23;2*1-2/h8-15,19H,1,4,16-18H2,2-3,5-7H3;2*1-2H3/b13-9-,14-12-,20-10+,21-15+;;. The molecule has 154 valence electrons. The fraction of sp³-hybridized carbons (Fsp3) is 0.556. The van der Waals surface area contributed by atoms with E-state index >= 15 is 0 Å². The van der Waals surface area contributed by atoms with Gasteiger partial charge in [-0.2, -0.15) is 0 Å². The van der Waals surface area contributed by atoms with Crippen molar-refractivity contribution in [1.29, 1.82) is 0 Å². The van der Waals surface area contributed by atoms with Crippen LogP contribution in [0.1, 0.15) is 81.6 Å². The van der Waals surface area contributed by atoms with Gasteiger partial charge in [0.05, 0.1) is 0 Å². The molecule has 0 amide bonds. The van der Waals surface area contributed by atoms with Crippen molar-refractivity contribution in [2.75, 3.05) is 0 Å². The number of allylic oxidation sites excluding steroid dienone is 10. The van der Waals surface area contributed by atoms with E-state index < -0.39 is 0 Å². The quantitative estimate of drug-likeness (QED) is 0.409. The summed E-state index contributed by atoms with van der Waals surface area (Å²) in [6.07, 6.45) is 20.5. The average Bonchev–Trinajstić information content (AvgIpc) is 2.64. The van der Waals surface area contributed by atoms with Gasteiger partial charge in [0.15, 0.2) is 0 Å². The van der Waals surface area contributed by atoms with Crippen LogP contribution in [0.3, 0.4) is 0 Å². The number of hydrogen-bond acceptors (Lipinski definition) is 0. The van der Waals surface area contributed by atoms with Gasteiger partial charge in [0.25, 0.3) is 0 Å². The smallest absolute Gasteiger partial charge is 0.0207 e.